The first-order valence-corrected chi connectivity index (χ1v) is 10.8. The Bertz CT molecular complexity index is 1100. The van der Waals surface area contributed by atoms with Gasteiger partial charge in [0.25, 0.3) is 5.91 Å². The average Bonchev–Trinajstić information content (AvgIpc) is 2.83. The van der Waals surface area contributed by atoms with E-state index in [2.05, 4.69) is 5.32 Å². The van der Waals surface area contributed by atoms with Crippen LogP contribution in [0.3, 0.4) is 0 Å². The third kappa shape index (κ3) is 4.55. The van der Waals surface area contributed by atoms with Gasteiger partial charge >= 0.3 is 0 Å². The summed E-state index contributed by atoms with van der Waals surface area (Å²) in [6.45, 7) is 3.44. The maximum Gasteiger partial charge on any atom is 0.255 e. The first-order chi connectivity index (χ1) is 15.1. The lowest BCUT2D eigenvalue weighted by Crippen LogP contribution is -2.36. The predicted octanol–water partition coefficient (Wildman–Crippen LogP) is 5.22. The van der Waals surface area contributed by atoms with E-state index in [1.54, 1.807) is 19.2 Å². The van der Waals surface area contributed by atoms with Crippen LogP contribution in [0.25, 0.3) is 10.8 Å². The Balaban J connectivity index is 1.53. The van der Waals surface area contributed by atoms with Crippen molar-refractivity contribution in [1.29, 1.82) is 0 Å². The first-order valence-electron chi connectivity index (χ1n) is 10.8. The molecule has 0 radical (unpaired) electrons. The molecule has 1 aliphatic heterocycles. The Hall–Kier alpha value is -3.34. The molecule has 0 aliphatic carbocycles. The minimum atomic E-state index is -0.357. The van der Waals surface area contributed by atoms with Crippen molar-refractivity contribution in [3.05, 3.63) is 71.8 Å². The van der Waals surface area contributed by atoms with E-state index in [4.69, 9.17) is 4.74 Å². The van der Waals surface area contributed by atoms with Gasteiger partial charge in [0.1, 0.15) is 5.75 Å². The number of para-hydroxylation sites is 1. The van der Waals surface area contributed by atoms with Crippen molar-refractivity contribution < 1.29 is 14.3 Å². The summed E-state index contributed by atoms with van der Waals surface area (Å²) in [4.78, 5) is 27.9. The van der Waals surface area contributed by atoms with Crippen LogP contribution in [0.1, 0.15) is 48.0 Å². The second kappa shape index (κ2) is 9.21. The molecule has 1 aliphatic rings. The zero-order valence-electron chi connectivity index (χ0n) is 18.1. The third-order valence-electron chi connectivity index (χ3n) is 6.02. The fraction of sp³-hybridized carbons (Fsp3) is 0.308. The van der Waals surface area contributed by atoms with Gasteiger partial charge in [-0.05, 0) is 66.8 Å². The van der Waals surface area contributed by atoms with Crippen molar-refractivity contribution in [3.63, 3.8) is 0 Å². The van der Waals surface area contributed by atoms with E-state index in [9.17, 15) is 9.59 Å². The monoisotopic (exact) mass is 416 g/mol. The molecule has 1 saturated heterocycles. The maximum atomic E-state index is 13.0. The lowest BCUT2D eigenvalue weighted by molar-refractivity contribution is -0.117. The Morgan fingerprint density at radius 2 is 1.65 bits per heavy atom. The standard InChI is InChI=1S/C26H28N2O3/c1-18(19-10-11-21-17-22(31-2)13-12-20(21)16-19)25(29)27-24-9-5-4-8-23(24)26(30)28-14-6-3-7-15-28/h4-5,8-13,16-18H,3,6-7,14-15H2,1-2H3,(H,27,29). The molecule has 1 unspecified atom stereocenters. The summed E-state index contributed by atoms with van der Waals surface area (Å²) in [7, 11) is 1.65. The minimum Gasteiger partial charge on any atom is -0.497 e. The molecule has 0 bridgehead atoms. The van der Waals surface area contributed by atoms with Gasteiger partial charge in [-0.1, -0.05) is 36.4 Å². The van der Waals surface area contributed by atoms with E-state index in [0.29, 0.717) is 11.3 Å². The number of rotatable bonds is 5. The van der Waals surface area contributed by atoms with Gasteiger partial charge in [0.05, 0.1) is 24.3 Å². The summed E-state index contributed by atoms with van der Waals surface area (Å²) in [6.07, 6.45) is 3.23. The first kappa shape index (κ1) is 20.9. The highest BCUT2D eigenvalue weighted by Crippen LogP contribution is 2.27. The zero-order valence-corrected chi connectivity index (χ0v) is 18.1. The fourth-order valence-electron chi connectivity index (χ4n) is 4.08. The van der Waals surface area contributed by atoms with Crippen molar-refractivity contribution in [1.82, 2.24) is 4.90 Å². The summed E-state index contributed by atoms with van der Waals surface area (Å²) in [5.74, 6) is 0.306. The number of carbonyl (C=O) groups is 2. The Kier molecular flexibility index (Phi) is 6.21. The van der Waals surface area contributed by atoms with Gasteiger partial charge in [0.2, 0.25) is 5.91 Å². The molecular formula is C26H28N2O3. The number of piperidine rings is 1. The van der Waals surface area contributed by atoms with Crippen molar-refractivity contribution in [2.75, 3.05) is 25.5 Å². The van der Waals surface area contributed by atoms with Crippen LogP contribution in [0.2, 0.25) is 0 Å². The number of benzene rings is 3. The van der Waals surface area contributed by atoms with Crippen LogP contribution in [0.15, 0.2) is 60.7 Å². The molecule has 1 heterocycles. The maximum absolute atomic E-state index is 13.0. The highest BCUT2D eigenvalue weighted by atomic mass is 16.5. The highest BCUT2D eigenvalue weighted by molar-refractivity contribution is 6.05. The molecule has 2 amide bonds. The molecule has 0 spiro atoms. The molecule has 0 aromatic heterocycles. The Morgan fingerprint density at radius 1 is 0.935 bits per heavy atom. The molecule has 4 rings (SSSR count). The molecule has 160 valence electrons. The smallest absolute Gasteiger partial charge is 0.255 e. The van der Waals surface area contributed by atoms with Crippen LogP contribution in [-0.4, -0.2) is 36.9 Å². The molecule has 1 N–H and O–H groups in total. The highest BCUT2D eigenvalue weighted by Gasteiger charge is 2.23. The van der Waals surface area contributed by atoms with Gasteiger partial charge in [0, 0.05) is 13.1 Å². The van der Waals surface area contributed by atoms with E-state index < -0.39 is 0 Å². The number of carbonyl (C=O) groups excluding carboxylic acids is 2. The number of hydrogen-bond acceptors (Lipinski definition) is 3. The second-order valence-corrected chi connectivity index (χ2v) is 8.08. The van der Waals surface area contributed by atoms with Crippen LogP contribution in [0.5, 0.6) is 5.75 Å². The van der Waals surface area contributed by atoms with Gasteiger partial charge < -0.3 is 15.0 Å². The number of fused-ring (bicyclic) bond motifs is 1. The topological polar surface area (TPSA) is 58.6 Å². The molecule has 31 heavy (non-hydrogen) atoms. The van der Waals surface area contributed by atoms with Crippen molar-refractivity contribution in [2.45, 2.75) is 32.1 Å². The number of ether oxygens (including phenoxy) is 1. The van der Waals surface area contributed by atoms with Gasteiger partial charge in [-0.3, -0.25) is 9.59 Å². The van der Waals surface area contributed by atoms with Crippen molar-refractivity contribution >= 4 is 28.3 Å². The van der Waals surface area contributed by atoms with Gasteiger partial charge in [0.15, 0.2) is 0 Å². The number of amides is 2. The molecule has 1 fully saturated rings. The fourth-order valence-corrected chi connectivity index (χ4v) is 4.08. The number of nitrogens with zero attached hydrogens (tertiary/aromatic N) is 1. The average molecular weight is 417 g/mol. The van der Waals surface area contributed by atoms with Crippen LogP contribution >= 0.6 is 0 Å². The van der Waals surface area contributed by atoms with E-state index in [-0.39, 0.29) is 17.7 Å². The number of anilines is 1. The lowest BCUT2D eigenvalue weighted by Gasteiger charge is -2.27. The van der Waals surface area contributed by atoms with E-state index in [1.165, 1.54) is 0 Å². The van der Waals surface area contributed by atoms with E-state index in [1.807, 2.05) is 60.4 Å². The molecule has 5 heteroatoms. The number of methoxy groups -OCH3 is 1. The van der Waals surface area contributed by atoms with Crippen LogP contribution < -0.4 is 10.1 Å². The van der Waals surface area contributed by atoms with Gasteiger partial charge in [-0.2, -0.15) is 0 Å². The normalized spacial score (nSPS) is 14.8. The zero-order chi connectivity index (χ0) is 21.8. The van der Waals surface area contributed by atoms with Crippen LogP contribution in [-0.2, 0) is 4.79 Å². The molecule has 1 atom stereocenters. The van der Waals surface area contributed by atoms with Gasteiger partial charge in [-0.25, -0.2) is 0 Å². The Morgan fingerprint density at radius 3 is 2.42 bits per heavy atom. The third-order valence-corrected chi connectivity index (χ3v) is 6.02. The van der Waals surface area contributed by atoms with Gasteiger partial charge in [-0.15, -0.1) is 0 Å². The molecule has 3 aromatic rings. The number of hydrogen-bond donors (Lipinski definition) is 1. The summed E-state index contributed by atoms with van der Waals surface area (Å²) in [6, 6.07) is 19.2. The summed E-state index contributed by atoms with van der Waals surface area (Å²) in [5, 5.41) is 5.11. The number of nitrogens with one attached hydrogen (secondary N) is 1. The summed E-state index contributed by atoms with van der Waals surface area (Å²) >= 11 is 0. The quantitative estimate of drug-likeness (QED) is 0.621. The largest absolute Gasteiger partial charge is 0.497 e. The summed E-state index contributed by atoms with van der Waals surface area (Å²) < 4.78 is 5.28. The lowest BCUT2D eigenvalue weighted by atomic mass is 9.96. The van der Waals surface area contributed by atoms with Crippen LogP contribution in [0, 0.1) is 0 Å². The SMILES string of the molecule is COc1ccc2cc(C(C)C(=O)Nc3ccccc3C(=O)N3CCCCC3)ccc2c1. The molecule has 3 aromatic carbocycles. The molecule has 5 nitrogen and oxygen atoms in total. The Labute approximate surface area is 183 Å². The van der Waals surface area contributed by atoms with Crippen molar-refractivity contribution in [2.24, 2.45) is 0 Å². The minimum absolute atomic E-state index is 0.0112. The second-order valence-electron chi connectivity index (χ2n) is 8.08. The molecular weight excluding hydrogens is 388 g/mol. The number of likely N-dealkylation sites (tertiary alicyclic amines) is 1. The predicted molar refractivity (Wildman–Crippen MR) is 124 cm³/mol. The van der Waals surface area contributed by atoms with E-state index >= 15 is 0 Å². The van der Waals surface area contributed by atoms with E-state index in [0.717, 1.165) is 54.4 Å². The van der Waals surface area contributed by atoms with Crippen molar-refractivity contribution in [3.8, 4) is 5.75 Å². The summed E-state index contributed by atoms with van der Waals surface area (Å²) in [5.41, 5.74) is 2.05. The van der Waals surface area contributed by atoms with Crippen LogP contribution in [0.4, 0.5) is 5.69 Å². The molecule has 0 saturated carbocycles.